The molecule has 10 heteroatoms. The molecule has 1 aromatic carbocycles. The van der Waals surface area contributed by atoms with Crippen molar-refractivity contribution in [2.75, 3.05) is 57.5 Å². The van der Waals surface area contributed by atoms with Crippen LogP contribution in [0.2, 0.25) is 0 Å². The molecule has 41 heavy (non-hydrogen) atoms. The van der Waals surface area contributed by atoms with Gasteiger partial charge in [-0.25, -0.2) is 9.78 Å². The molecule has 0 radical (unpaired) electrons. The first-order chi connectivity index (χ1) is 20.0. The van der Waals surface area contributed by atoms with Gasteiger partial charge in [-0.2, -0.15) is 4.98 Å². The van der Waals surface area contributed by atoms with E-state index in [1.165, 1.54) is 25.7 Å². The number of benzene rings is 1. The van der Waals surface area contributed by atoms with Gasteiger partial charge in [0.25, 0.3) is 0 Å². The molecule has 1 aliphatic carbocycles. The van der Waals surface area contributed by atoms with E-state index >= 15 is 0 Å². The first kappa shape index (κ1) is 26.7. The van der Waals surface area contributed by atoms with Gasteiger partial charge >= 0.3 is 5.97 Å². The number of aromatic carboxylic acids is 1. The zero-order valence-corrected chi connectivity index (χ0v) is 23.5. The number of hydrogen-bond donors (Lipinski definition) is 1. The largest absolute Gasteiger partial charge is 0.478 e. The molecule has 3 aromatic rings. The van der Waals surface area contributed by atoms with Crippen molar-refractivity contribution >= 4 is 22.8 Å². The van der Waals surface area contributed by atoms with E-state index in [9.17, 15) is 9.90 Å². The van der Waals surface area contributed by atoms with Crippen LogP contribution in [0, 0.1) is 11.3 Å². The summed E-state index contributed by atoms with van der Waals surface area (Å²) in [5.74, 6) is 2.33. The Hall–Kier alpha value is -3.21. The third-order valence-electron chi connectivity index (χ3n) is 9.49. The monoisotopic (exact) mass is 561 g/mol. The van der Waals surface area contributed by atoms with E-state index < -0.39 is 5.97 Å². The molecular weight excluding hydrogens is 522 g/mol. The molecule has 0 unspecified atom stereocenters. The van der Waals surface area contributed by atoms with Crippen molar-refractivity contribution < 1.29 is 24.1 Å². The normalized spacial score (nSPS) is 22.9. The lowest BCUT2D eigenvalue weighted by Gasteiger charge is -2.49. The van der Waals surface area contributed by atoms with Crippen LogP contribution in [-0.2, 0) is 22.6 Å². The van der Waals surface area contributed by atoms with Crippen molar-refractivity contribution in [2.24, 2.45) is 11.3 Å². The zero-order chi connectivity index (χ0) is 27.8. The molecule has 7 rings (SSSR count). The van der Waals surface area contributed by atoms with E-state index in [0.29, 0.717) is 30.3 Å². The van der Waals surface area contributed by atoms with Crippen LogP contribution in [0.3, 0.4) is 0 Å². The van der Waals surface area contributed by atoms with E-state index in [1.54, 1.807) is 12.1 Å². The molecule has 0 amide bonds. The number of fused-ring (bicyclic) bond motifs is 1. The molecule has 3 saturated heterocycles. The maximum absolute atomic E-state index is 11.6. The van der Waals surface area contributed by atoms with Gasteiger partial charge in [0.2, 0.25) is 5.88 Å². The Morgan fingerprint density at radius 1 is 1.05 bits per heavy atom. The highest BCUT2D eigenvalue weighted by molar-refractivity contribution is 5.92. The van der Waals surface area contributed by atoms with Crippen LogP contribution in [0.4, 0.5) is 5.82 Å². The highest BCUT2D eigenvalue weighted by Gasteiger charge is 2.45. The molecule has 4 fully saturated rings. The van der Waals surface area contributed by atoms with Crippen molar-refractivity contribution in [1.82, 2.24) is 19.4 Å². The van der Waals surface area contributed by atoms with Crippen LogP contribution in [0.5, 0.6) is 5.88 Å². The van der Waals surface area contributed by atoms with Gasteiger partial charge in [0.1, 0.15) is 11.6 Å². The number of hydrogen-bond acceptors (Lipinski definition) is 8. The molecule has 1 N–H and O–H groups in total. The van der Waals surface area contributed by atoms with Crippen LogP contribution < -0.4 is 9.64 Å². The van der Waals surface area contributed by atoms with Crippen LogP contribution in [0.15, 0.2) is 36.4 Å². The van der Waals surface area contributed by atoms with Gasteiger partial charge in [-0.05, 0) is 67.7 Å². The molecule has 218 valence electrons. The summed E-state index contributed by atoms with van der Waals surface area (Å²) in [7, 11) is 0. The van der Waals surface area contributed by atoms with E-state index in [1.807, 2.05) is 18.2 Å². The Balaban J connectivity index is 0.958. The zero-order valence-electron chi connectivity index (χ0n) is 23.5. The smallest absolute Gasteiger partial charge is 0.335 e. The number of imidazole rings is 1. The molecule has 5 heterocycles. The first-order valence-electron chi connectivity index (χ1n) is 15.0. The second-order valence-corrected chi connectivity index (χ2v) is 12.2. The molecule has 4 aliphatic rings. The molecule has 3 aliphatic heterocycles. The number of pyridine rings is 1. The summed E-state index contributed by atoms with van der Waals surface area (Å²) in [5, 5.41) is 9.51. The van der Waals surface area contributed by atoms with Gasteiger partial charge in [0.15, 0.2) is 0 Å². The van der Waals surface area contributed by atoms with E-state index in [-0.39, 0.29) is 11.7 Å². The van der Waals surface area contributed by atoms with Crippen molar-refractivity contribution in [3.8, 4) is 5.88 Å². The average Bonchev–Trinajstić information content (AvgIpc) is 3.29. The Morgan fingerprint density at radius 2 is 1.85 bits per heavy atom. The molecule has 0 bridgehead atoms. The molecule has 2 aromatic heterocycles. The Bertz CT molecular complexity index is 1380. The number of carboxylic acids is 1. The number of rotatable bonds is 9. The lowest BCUT2D eigenvalue weighted by atomic mass is 9.58. The number of carboxylic acid groups (broad SMARTS) is 1. The summed E-state index contributed by atoms with van der Waals surface area (Å²) >= 11 is 0. The molecule has 1 saturated carbocycles. The van der Waals surface area contributed by atoms with Gasteiger partial charge in [-0.3, -0.25) is 4.90 Å². The summed E-state index contributed by atoms with van der Waals surface area (Å²) in [6.07, 6.45) is 6.07. The standard InChI is InChI=1S/C31H39N5O5/c37-30(38)23-4-5-25-26(16-23)36(19-24-6-13-40-24)28(32-25)20-34-9-11-35(12-10-34)27-2-1-3-29(33-27)41-21-22-17-31(18-22)7-14-39-15-8-31/h1-5,16,22,24H,6-15,17-21H2,(H,37,38)/t24-/m0/s1. The van der Waals surface area contributed by atoms with Gasteiger partial charge in [0, 0.05) is 52.1 Å². The minimum Gasteiger partial charge on any atom is -0.478 e. The van der Waals surface area contributed by atoms with Crippen LogP contribution in [-0.4, -0.2) is 89.2 Å². The average molecular weight is 562 g/mol. The third-order valence-corrected chi connectivity index (χ3v) is 9.49. The Labute approximate surface area is 240 Å². The third kappa shape index (κ3) is 5.65. The maximum Gasteiger partial charge on any atom is 0.335 e. The van der Waals surface area contributed by atoms with Gasteiger partial charge in [-0.1, -0.05) is 6.07 Å². The molecule has 1 atom stereocenters. The minimum atomic E-state index is -0.924. The predicted octanol–water partition coefficient (Wildman–Crippen LogP) is 3.83. The van der Waals surface area contributed by atoms with Crippen molar-refractivity contribution in [2.45, 2.75) is 51.3 Å². The van der Waals surface area contributed by atoms with Crippen LogP contribution in [0.25, 0.3) is 11.0 Å². The highest BCUT2D eigenvalue weighted by atomic mass is 16.5. The quantitative estimate of drug-likeness (QED) is 0.418. The summed E-state index contributed by atoms with van der Waals surface area (Å²) in [4.78, 5) is 26.1. The summed E-state index contributed by atoms with van der Waals surface area (Å²) < 4.78 is 19.6. The van der Waals surface area contributed by atoms with E-state index in [4.69, 9.17) is 24.2 Å². The van der Waals surface area contributed by atoms with E-state index in [2.05, 4.69) is 20.4 Å². The number of ether oxygens (including phenoxy) is 3. The number of carbonyl (C=O) groups is 1. The lowest BCUT2D eigenvalue weighted by molar-refractivity contribution is -0.0688. The topological polar surface area (TPSA) is 102 Å². The maximum atomic E-state index is 11.6. The van der Waals surface area contributed by atoms with E-state index in [0.717, 1.165) is 81.7 Å². The number of aromatic nitrogens is 3. The summed E-state index contributed by atoms with van der Waals surface area (Å²) in [6, 6.07) is 11.3. The van der Waals surface area contributed by atoms with Crippen molar-refractivity contribution in [3.63, 3.8) is 0 Å². The Kier molecular flexibility index (Phi) is 7.30. The fraction of sp³-hybridized carbons (Fsp3) is 0.581. The van der Waals surface area contributed by atoms with Gasteiger partial charge in [-0.15, -0.1) is 0 Å². The van der Waals surface area contributed by atoms with Crippen LogP contribution >= 0.6 is 0 Å². The molecule has 10 nitrogen and oxygen atoms in total. The number of anilines is 1. The van der Waals surface area contributed by atoms with Crippen molar-refractivity contribution in [1.29, 1.82) is 0 Å². The fourth-order valence-electron chi connectivity index (χ4n) is 6.96. The second-order valence-electron chi connectivity index (χ2n) is 12.2. The minimum absolute atomic E-state index is 0.157. The number of piperazine rings is 1. The van der Waals surface area contributed by atoms with Crippen molar-refractivity contribution in [3.05, 3.63) is 47.8 Å². The van der Waals surface area contributed by atoms with Gasteiger partial charge in [0.05, 0.1) is 42.4 Å². The van der Waals surface area contributed by atoms with Gasteiger partial charge < -0.3 is 28.8 Å². The van der Waals surface area contributed by atoms with Crippen LogP contribution in [0.1, 0.15) is 48.3 Å². The summed E-state index contributed by atoms with van der Waals surface area (Å²) in [6.45, 7) is 8.29. The molecular formula is C31H39N5O5. The second kappa shape index (κ2) is 11.2. The number of nitrogens with zero attached hydrogens (tertiary/aromatic N) is 5. The summed E-state index contributed by atoms with van der Waals surface area (Å²) in [5.41, 5.74) is 2.48. The highest BCUT2D eigenvalue weighted by Crippen LogP contribution is 2.52. The first-order valence-corrected chi connectivity index (χ1v) is 15.0. The SMILES string of the molecule is O=C(O)c1ccc2nc(CN3CCN(c4cccc(OCC5CC6(CCOCC6)C5)n4)CC3)n(C[C@@H]3CCO3)c2c1. The predicted molar refractivity (Wildman–Crippen MR) is 153 cm³/mol. The molecule has 1 spiro atoms. The fourth-order valence-corrected chi connectivity index (χ4v) is 6.96. The lowest BCUT2D eigenvalue weighted by Crippen LogP contribution is -2.46. The Morgan fingerprint density at radius 3 is 2.59 bits per heavy atom.